The van der Waals surface area contributed by atoms with Crippen LogP contribution >= 0.6 is 0 Å². The van der Waals surface area contributed by atoms with Gasteiger partial charge >= 0.3 is 0 Å². The maximum Gasteiger partial charge on any atom is 0.102 e. The Bertz CT molecular complexity index is 385. The Kier molecular flexibility index (Phi) is 4.77. The lowest BCUT2D eigenvalue weighted by Gasteiger charge is -2.13. The summed E-state index contributed by atoms with van der Waals surface area (Å²) in [6.45, 7) is 2.53. The Hall–Kier alpha value is -1.57. The normalized spacial score (nSPS) is 11.9. The summed E-state index contributed by atoms with van der Waals surface area (Å²) >= 11 is 0. The summed E-state index contributed by atoms with van der Waals surface area (Å²) in [6, 6.07) is 7.73. The fourth-order valence-corrected chi connectivity index (χ4v) is 1.44. The molecule has 4 nitrogen and oxygen atoms in total. The van der Waals surface area contributed by atoms with Crippen LogP contribution in [0.3, 0.4) is 0 Å². The largest absolute Gasteiger partial charge is 0.389 e. The van der Waals surface area contributed by atoms with Gasteiger partial charge in [0, 0.05) is 13.7 Å². The van der Waals surface area contributed by atoms with Crippen LogP contribution in [0.5, 0.6) is 0 Å². The van der Waals surface area contributed by atoms with Crippen molar-refractivity contribution >= 4 is 5.69 Å². The van der Waals surface area contributed by atoms with Gasteiger partial charge in [-0.1, -0.05) is 12.1 Å². The predicted molar refractivity (Wildman–Crippen MR) is 62.3 cm³/mol. The molecule has 86 valence electrons. The molecule has 1 aromatic rings. The van der Waals surface area contributed by atoms with Crippen molar-refractivity contribution in [2.45, 2.75) is 13.0 Å². The van der Waals surface area contributed by atoms with Crippen molar-refractivity contribution in [3.8, 4) is 6.07 Å². The molecule has 1 atom stereocenters. The van der Waals surface area contributed by atoms with Crippen molar-refractivity contribution in [3.05, 3.63) is 29.3 Å². The molecule has 0 bridgehead atoms. The quantitative estimate of drug-likeness (QED) is 0.784. The van der Waals surface area contributed by atoms with Crippen LogP contribution in [0.1, 0.15) is 11.1 Å². The van der Waals surface area contributed by atoms with Crippen molar-refractivity contribution in [1.82, 2.24) is 0 Å². The number of benzene rings is 1. The lowest BCUT2D eigenvalue weighted by atomic mass is 10.1. The molecule has 1 unspecified atom stereocenters. The van der Waals surface area contributed by atoms with Crippen LogP contribution in [-0.4, -0.2) is 31.5 Å². The van der Waals surface area contributed by atoms with Crippen LogP contribution < -0.4 is 5.32 Å². The van der Waals surface area contributed by atoms with Gasteiger partial charge in [-0.3, -0.25) is 0 Å². The molecular weight excluding hydrogens is 204 g/mol. The molecule has 0 radical (unpaired) electrons. The van der Waals surface area contributed by atoms with Crippen LogP contribution in [0.15, 0.2) is 18.2 Å². The third-order valence-corrected chi connectivity index (χ3v) is 2.27. The Morgan fingerprint density at radius 3 is 2.94 bits per heavy atom. The van der Waals surface area contributed by atoms with Crippen molar-refractivity contribution in [2.24, 2.45) is 0 Å². The molecule has 2 N–H and O–H groups in total. The van der Waals surface area contributed by atoms with E-state index in [0.717, 1.165) is 11.3 Å². The fourth-order valence-electron chi connectivity index (χ4n) is 1.44. The third kappa shape index (κ3) is 3.23. The summed E-state index contributed by atoms with van der Waals surface area (Å²) in [5.41, 5.74) is 2.29. The minimum absolute atomic E-state index is 0.278. The summed E-state index contributed by atoms with van der Waals surface area (Å²) in [6.07, 6.45) is -0.572. The second-order valence-electron chi connectivity index (χ2n) is 3.60. The first-order valence-corrected chi connectivity index (χ1v) is 5.09. The predicted octanol–water partition coefficient (Wildman–Crippen LogP) is 1.29. The zero-order chi connectivity index (χ0) is 12.0. The molecular formula is C12H16N2O2. The first kappa shape index (κ1) is 12.5. The maximum atomic E-state index is 9.47. The summed E-state index contributed by atoms with van der Waals surface area (Å²) in [7, 11) is 1.54. The van der Waals surface area contributed by atoms with Crippen LogP contribution in [-0.2, 0) is 4.74 Å². The number of methoxy groups -OCH3 is 1. The highest BCUT2D eigenvalue weighted by Gasteiger charge is 2.07. The molecule has 1 aromatic carbocycles. The van der Waals surface area contributed by atoms with Gasteiger partial charge in [-0.2, -0.15) is 5.26 Å². The van der Waals surface area contributed by atoms with Gasteiger partial charge in [0.15, 0.2) is 0 Å². The van der Waals surface area contributed by atoms with Crippen LogP contribution in [0.2, 0.25) is 0 Å². The minimum atomic E-state index is -0.572. The van der Waals surface area contributed by atoms with Crippen molar-refractivity contribution in [3.63, 3.8) is 0 Å². The van der Waals surface area contributed by atoms with Gasteiger partial charge in [0.2, 0.25) is 0 Å². The minimum Gasteiger partial charge on any atom is -0.389 e. The monoisotopic (exact) mass is 220 g/mol. The van der Waals surface area contributed by atoms with E-state index in [1.54, 1.807) is 0 Å². The molecule has 0 saturated heterocycles. The van der Waals surface area contributed by atoms with Gasteiger partial charge in [0.05, 0.1) is 24.0 Å². The number of anilines is 1. The Morgan fingerprint density at radius 2 is 2.31 bits per heavy atom. The van der Waals surface area contributed by atoms with E-state index in [9.17, 15) is 5.11 Å². The maximum absolute atomic E-state index is 9.47. The summed E-state index contributed by atoms with van der Waals surface area (Å²) < 4.78 is 4.82. The number of aryl methyl sites for hydroxylation is 1. The number of aliphatic hydroxyl groups excluding tert-OH is 1. The first-order chi connectivity index (χ1) is 7.69. The highest BCUT2D eigenvalue weighted by Crippen LogP contribution is 2.17. The second kappa shape index (κ2) is 6.11. The number of rotatable bonds is 5. The molecule has 0 aliphatic rings. The van der Waals surface area contributed by atoms with Crippen LogP contribution in [0.4, 0.5) is 5.69 Å². The van der Waals surface area contributed by atoms with Gasteiger partial charge in [-0.25, -0.2) is 0 Å². The smallest absolute Gasteiger partial charge is 0.102 e. The molecule has 4 heteroatoms. The van der Waals surface area contributed by atoms with Gasteiger partial charge in [0.1, 0.15) is 6.07 Å². The fraction of sp³-hybridized carbons (Fsp3) is 0.417. The number of nitrogens with one attached hydrogen (secondary N) is 1. The summed E-state index contributed by atoms with van der Waals surface area (Å²) in [5, 5.41) is 21.5. The number of nitrogens with zero attached hydrogens (tertiary/aromatic N) is 1. The summed E-state index contributed by atoms with van der Waals surface area (Å²) in [4.78, 5) is 0. The van der Waals surface area contributed by atoms with Crippen molar-refractivity contribution in [2.75, 3.05) is 25.6 Å². The number of hydrogen-bond donors (Lipinski definition) is 2. The molecule has 0 amide bonds. The van der Waals surface area contributed by atoms with Gasteiger partial charge in [-0.15, -0.1) is 0 Å². The standard InChI is InChI=1S/C12H16N2O2/c1-9-4-3-5-12(11(9)6-13)14-7-10(15)8-16-2/h3-5,10,14-15H,7-8H2,1-2H3. The lowest BCUT2D eigenvalue weighted by molar-refractivity contribution is 0.0727. The average Bonchev–Trinajstić information content (AvgIpc) is 2.27. The van der Waals surface area contributed by atoms with Crippen molar-refractivity contribution < 1.29 is 9.84 Å². The molecule has 1 rings (SSSR count). The van der Waals surface area contributed by atoms with E-state index in [2.05, 4.69) is 11.4 Å². The number of aliphatic hydroxyl groups is 1. The van der Waals surface area contributed by atoms with Gasteiger partial charge in [0.25, 0.3) is 0 Å². The van der Waals surface area contributed by atoms with Crippen LogP contribution in [0.25, 0.3) is 0 Å². The van der Waals surface area contributed by atoms with Gasteiger partial charge < -0.3 is 15.2 Å². The SMILES string of the molecule is COCC(O)CNc1cccc(C)c1C#N. The topological polar surface area (TPSA) is 65.3 Å². The molecule has 0 aromatic heterocycles. The highest BCUT2D eigenvalue weighted by molar-refractivity contribution is 5.60. The van der Waals surface area contributed by atoms with E-state index in [1.165, 1.54) is 7.11 Å². The van der Waals surface area contributed by atoms with E-state index in [-0.39, 0.29) is 6.61 Å². The number of hydrogen-bond acceptors (Lipinski definition) is 4. The molecule has 0 aliphatic heterocycles. The number of nitriles is 1. The van der Waals surface area contributed by atoms with E-state index >= 15 is 0 Å². The zero-order valence-electron chi connectivity index (χ0n) is 9.53. The van der Waals surface area contributed by atoms with E-state index in [1.807, 2.05) is 25.1 Å². The van der Waals surface area contributed by atoms with Gasteiger partial charge in [-0.05, 0) is 18.6 Å². The van der Waals surface area contributed by atoms with E-state index < -0.39 is 6.10 Å². The average molecular weight is 220 g/mol. The first-order valence-electron chi connectivity index (χ1n) is 5.09. The molecule has 0 spiro atoms. The molecule has 0 saturated carbocycles. The second-order valence-corrected chi connectivity index (χ2v) is 3.60. The number of ether oxygens (including phenoxy) is 1. The van der Waals surface area contributed by atoms with Crippen molar-refractivity contribution in [1.29, 1.82) is 5.26 Å². The molecule has 0 aliphatic carbocycles. The van der Waals surface area contributed by atoms with E-state index in [4.69, 9.17) is 10.00 Å². The van der Waals surface area contributed by atoms with Crippen LogP contribution in [0, 0.1) is 18.3 Å². The zero-order valence-corrected chi connectivity index (χ0v) is 9.53. The Morgan fingerprint density at radius 1 is 1.56 bits per heavy atom. The summed E-state index contributed by atoms with van der Waals surface area (Å²) in [5.74, 6) is 0. The molecule has 0 heterocycles. The Balaban J connectivity index is 2.67. The Labute approximate surface area is 95.5 Å². The highest BCUT2D eigenvalue weighted by atomic mass is 16.5. The molecule has 16 heavy (non-hydrogen) atoms. The lowest BCUT2D eigenvalue weighted by Crippen LogP contribution is -2.24. The molecule has 0 fully saturated rings. The third-order valence-electron chi connectivity index (χ3n) is 2.27. The van der Waals surface area contributed by atoms with E-state index in [0.29, 0.717) is 12.1 Å².